The molecule has 0 aliphatic rings. The third kappa shape index (κ3) is 1.95. The summed E-state index contributed by atoms with van der Waals surface area (Å²) in [5.74, 6) is 0. The quantitative estimate of drug-likeness (QED) is 0.682. The maximum Gasteiger partial charge on any atom is 0.0547 e. The van der Waals surface area contributed by atoms with Gasteiger partial charge in [0.05, 0.1) is 5.03 Å². The van der Waals surface area contributed by atoms with Crippen LogP contribution < -0.4 is 0 Å². The van der Waals surface area contributed by atoms with Crippen molar-refractivity contribution in [1.29, 1.82) is 0 Å². The normalized spacial score (nSPS) is 12.0. The zero-order valence-corrected chi connectivity index (χ0v) is 8.20. The van der Waals surface area contributed by atoms with Crippen molar-refractivity contribution in [2.45, 2.75) is 0 Å². The van der Waals surface area contributed by atoms with Gasteiger partial charge in [-0.15, -0.1) is 0 Å². The van der Waals surface area contributed by atoms with Crippen molar-refractivity contribution in [3.05, 3.63) is 26.5 Å². The highest BCUT2D eigenvalue weighted by molar-refractivity contribution is 14.1. The highest BCUT2D eigenvalue weighted by Crippen LogP contribution is 2.22. The summed E-state index contributed by atoms with van der Waals surface area (Å²) >= 11 is 9.57. The van der Waals surface area contributed by atoms with Crippen LogP contribution in [0.1, 0.15) is 5.56 Å². The Labute approximate surface area is 76.7 Å². The molecular formula is C6H4ClIS. The van der Waals surface area contributed by atoms with E-state index < -0.39 is 0 Å². The van der Waals surface area contributed by atoms with Crippen LogP contribution in [0.3, 0.4) is 0 Å². The van der Waals surface area contributed by atoms with Crippen molar-refractivity contribution in [2.75, 3.05) is 0 Å². The van der Waals surface area contributed by atoms with Crippen molar-refractivity contribution < 1.29 is 0 Å². The van der Waals surface area contributed by atoms with Crippen molar-refractivity contribution in [1.82, 2.24) is 0 Å². The number of halogens is 2. The van der Waals surface area contributed by atoms with E-state index in [2.05, 4.69) is 22.6 Å². The smallest absolute Gasteiger partial charge is 0.0547 e. The molecule has 0 saturated carbocycles. The third-order valence-electron chi connectivity index (χ3n) is 0.893. The zero-order chi connectivity index (χ0) is 6.69. The summed E-state index contributed by atoms with van der Waals surface area (Å²) in [5, 5.41) is 4.85. The summed E-state index contributed by atoms with van der Waals surface area (Å²) in [6.45, 7) is 0. The minimum Gasteiger partial charge on any atom is -0.152 e. The molecule has 0 bridgehead atoms. The van der Waals surface area contributed by atoms with Crippen LogP contribution in [0, 0.1) is 0 Å². The summed E-state index contributed by atoms with van der Waals surface area (Å²) in [4.78, 5) is 0. The number of hydrogen-bond donors (Lipinski definition) is 0. The number of hydrogen-bond acceptors (Lipinski definition) is 1. The van der Waals surface area contributed by atoms with E-state index in [9.17, 15) is 0 Å². The molecule has 0 radical (unpaired) electrons. The van der Waals surface area contributed by atoms with Crippen LogP contribution in [-0.4, -0.2) is 0 Å². The Morgan fingerprint density at radius 1 is 1.78 bits per heavy atom. The molecule has 0 atom stereocenters. The molecule has 9 heavy (non-hydrogen) atoms. The molecule has 0 unspecified atom stereocenters. The van der Waals surface area contributed by atoms with Crippen molar-refractivity contribution in [3.63, 3.8) is 0 Å². The lowest BCUT2D eigenvalue weighted by Crippen LogP contribution is -1.63. The molecule has 0 aromatic carbocycles. The summed E-state index contributed by atoms with van der Waals surface area (Å²) in [5.41, 5.74) is 1.11. The monoisotopic (exact) mass is 270 g/mol. The van der Waals surface area contributed by atoms with E-state index in [1.807, 2.05) is 20.9 Å². The Kier molecular flexibility index (Phi) is 3.01. The SMILES string of the molecule is Cl/C(=C/I)c1ccsc1. The van der Waals surface area contributed by atoms with Gasteiger partial charge < -0.3 is 0 Å². The van der Waals surface area contributed by atoms with Crippen LogP contribution in [0.4, 0.5) is 0 Å². The summed E-state index contributed by atoms with van der Waals surface area (Å²) in [6.07, 6.45) is 0. The fraction of sp³-hybridized carbons (Fsp3) is 0. The van der Waals surface area contributed by atoms with E-state index in [-0.39, 0.29) is 0 Å². The van der Waals surface area contributed by atoms with E-state index in [1.54, 1.807) is 11.3 Å². The fourth-order valence-electron chi connectivity index (χ4n) is 0.463. The minimum atomic E-state index is 0.817. The predicted octanol–water partition coefficient (Wildman–Crippen LogP) is 3.72. The highest BCUT2D eigenvalue weighted by Gasteiger charge is 1.94. The Morgan fingerprint density at radius 2 is 2.56 bits per heavy atom. The molecule has 48 valence electrons. The van der Waals surface area contributed by atoms with Gasteiger partial charge in [0.15, 0.2) is 0 Å². The second kappa shape index (κ2) is 3.58. The Hall–Kier alpha value is 0.460. The van der Waals surface area contributed by atoms with Gasteiger partial charge in [-0.2, -0.15) is 11.3 Å². The van der Waals surface area contributed by atoms with E-state index in [1.165, 1.54) is 0 Å². The molecule has 0 spiro atoms. The summed E-state index contributed by atoms with van der Waals surface area (Å²) in [7, 11) is 0. The van der Waals surface area contributed by atoms with E-state index in [0.29, 0.717) is 0 Å². The summed E-state index contributed by atoms with van der Waals surface area (Å²) < 4.78 is 1.86. The number of thiophene rings is 1. The van der Waals surface area contributed by atoms with Gasteiger partial charge in [-0.25, -0.2) is 0 Å². The van der Waals surface area contributed by atoms with Crippen molar-refractivity contribution >= 4 is 50.6 Å². The zero-order valence-electron chi connectivity index (χ0n) is 4.47. The van der Waals surface area contributed by atoms with Gasteiger partial charge in [0, 0.05) is 5.56 Å². The third-order valence-corrected chi connectivity index (χ3v) is 2.89. The molecule has 1 aromatic heterocycles. The van der Waals surface area contributed by atoms with Gasteiger partial charge in [0.2, 0.25) is 0 Å². The van der Waals surface area contributed by atoms with Crippen molar-refractivity contribution in [2.24, 2.45) is 0 Å². The van der Waals surface area contributed by atoms with Gasteiger partial charge in [-0.1, -0.05) is 34.2 Å². The van der Waals surface area contributed by atoms with Gasteiger partial charge in [0.25, 0.3) is 0 Å². The van der Waals surface area contributed by atoms with Gasteiger partial charge >= 0.3 is 0 Å². The molecule has 0 amide bonds. The second-order valence-corrected chi connectivity index (χ2v) is 3.28. The molecule has 1 aromatic rings. The number of rotatable bonds is 1. The van der Waals surface area contributed by atoms with Crippen LogP contribution in [0.2, 0.25) is 0 Å². The predicted molar refractivity (Wildman–Crippen MR) is 52.2 cm³/mol. The van der Waals surface area contributed by atoms with Crippen LogP contribution in [0.25, 0.3) is 5.03 Å². The fourth-order valence-corrected chi connectivity index (χ4v) is 1.66. The molecule has 0 nitrogen and oxygen atoms in total. The molecule has 0 fully saturated rings. The van der Waals surface area contributed by atoms with E-state index in [4.69, 9.17) is 11.6 Å². The maximum atomic E-state index is 5.79. The average molecular weight is 271 g/mol. The molecular weight excluding hydrogens is 266 g/mol. The van der Waals surface area contributed by atoms with Gasteiger partial charge in [-0.05, 0) is 20.9 Å². The topological polar surface area (TPSA) is 0 Å². The first-order valence-electron chi connectivity index (χ1n) is 2.33. The second-order valence-electron chi connectivity index (χ2n) is 1.47. The maximum absolute atomic E-state index is 5.79. The van der Waals surface area contributed by atoms with Crippen LogP contribution in [0.5, 0.6) is 0 Å². The molecule has 0 N–H and O–H groups in total. The summed E-state index contributed by atoms with van der Waals surface area (Å²) in [6, 6.07) is 2.00. The molecule has 0 aliphatic carbocycles. The minimum absolute atomic E-state index is 0.817. The lowest BCUT2D eigenvalue weighted by molar-refractivity contribution is 1.87. The Bertz CT molecular complexity index is 203. The average Bonchev–Trinajstić information content (AvgIpc) is 2.37. The Morgan fingerprint density at radius 3 is 3.00 bits per heavy atom. The lowest BCUT2D eigenvalue weighted by Gasteiger charge is -1.86. The van der Waals surface area contributed by atoms with Gasteiger partial charge in [-0.3, -0.25) is 0 Å². The van der Waals surface area contributed by atoms with Crippen LogP contribution >= 0.6 is 45.5 Å². The highest BCUT2D eigenvalue weighted by atomic mass is 127. The lowest BCUT2D eigenvalue weighted by atomic mass is 10.3. The first-order valence-corrected chi connectivity index (χ1v) is 4.89. The Balaban J connectivity index is 2.90. The molecule has 1 heterocycles. The first kappa shape index (κ1) is 7.57. The van der Waals surface area contributed by atoms with Crippen LogP contribution in [-0.2, 0) is 0 Å². The van der Waals surface area contributed by atoms with Gasteiger partial charge in [0.1, 0.15) is 0 Å². The molecule has 0 saturated heterocycles. The largest absolute Gasteiger partial charge is 0.152 e. The van der Waals surface area contributed by atoms with E-state index in [0.717, 1.165) is 10.6 Å². The first-order chi connectivity index (χ1) is 4.34. The molecule has 1 rings (SSSR count). The standard InChI is InChI=1S/C6H4ClIS/c7-6(3-8)5-1-2-9-4-5/h1-4H/b6-3+. The van der Waals surface area contributed by atoms with Crippen molar-refractivity contribution in [3.8, 4) is 0 Å². The molecule has 0 aliphatic heterocycles. The van der Waals surface area contributed by atoms with Crippen LogP contribution in [0.15, 0.2) is 20.9 Å². The molecule has 3 heteroatoms. The van der Waals surface area contributed by atoms with E-state index >= 15 is 0 Å².